The van der Waals surface area contributed by atoms with Crippen molar-refractivity contribution in [3.05, 3.63) is 0 Å². The largest absolute Gasteiger partial charge is 0.392 e. The van der Waals surface area contributed by atoms with Crippen molar-refractivity contribution in [2.24, 2.45) is 11.8 Å². The molecule has 2 aliphatic rings. The standard InChI is InChI=1S/C9H18N2O/c1-7(12)4-11-5-8-2-10-3-9(8)6-11/h7-10,12H,2-6H2,1H3/t7-,8-,9+/m0/s1. The van der Waals surface area contributed by atoms with E-state index in [-0.39, 0.29) is 6.10 Å². The molecule has 0 unspecified atom stereocenters. The van der Waals surface area contributed by atoms with Crippen LogP contribution in [-0.2, 0) is 0 Å². The number of aliphatic hydroxyl groups is 1. The maximum absolute atomic E-state index is 9.22. The van der Waals surface area contributed by atoms with Gasteiger partial charge >= 0.3 is 0 Å². The third-order valence-corrected chi connectivity index (χ3v) is 2.99. The van der Waals surface area contributed by atoms with Gasteiger partial charge in [-0.15, -0.1) is 0 Å². The predicted molar refractivity (Wildman–Crippen MR) is 48.0 cm³/mol. The molecule has 2 rings (SSSR count). The van der Waals surface area contributed by atoms with Crippen molar-refractivity contribution in [2.75, 3.05) is 32.7 Å². The van der Waals surface area contributed by atoms with Gasteiger partial charge < -0.3 is 15.3 Å². The predicted octanol–water partition coefficient (Wildman–Crippen LogP) is -0.482. The van der Waals surface area contributed by atoms with Crippen LogP contribution >= 0.6 is 0 Å². The summed E-state index contributed by atoms with van der Waals surface area (Å²) in [6, 6.07) is 0. The molecule has 0 aromatic heterocycles. The second kappa shape index (κ2) is 3.32. The first-order valence-electron chi connectivity index (χ1n) is 4.87. The van der Waals surface area contributed by atoms with E-state index >= 15 is 0 Å². The lowest BCUT2D eigenvalue weighted by atomic mass is 10.0. The molecule has 0 bridgehead atoms. The zero-order valence-corrected chi connectivity index (χ0v) is 7.66. The van der Waals surface area contributed by atoms with E-state index in [4.69, 9.17) is 0 Å². The summed E-state index contributed by atoms with van der Waals surface area (Å²) in [5.74, 6) is 1.70. The SMILES string of the molecule is C[C@H](O)CN1C[C@H]2CNC[C@H]2C1. The first kappa shape index (κ1) is 8.48. The van der Waals surface area contributed by atoms with E-state index in [1.807, 2.05) is 6.92 Å². The zero-order valence-electron chi connectivity index (χ0n) is 7.66. The molecule has 2 aliphatic heterocycles. The van der Waals surface area contributed by atoms with Crippen LogP contribution in [0.1, 0.15) is 6.92 Å². The van der Waals surface area contributed by atoms with Crippen LogP contribution in [0.4, 0.5) is 0 Å². The maximum atomic E-state index is 9.22. The molecule has 2 heterocycles. The Balaban J connectivity index is 1.82. The molecule has 0 spiro atoms. The molecule has 0 radical (unpaired) electrons. The van der Waals surface area contributed by atoms with Gasteiger partial charge in [0.25, 0.3) is 0 Å². The fraction of sp³-hybridized carbons (Fsp3) is 1.00. The lowest BCUT2D eigenvalue weighted by Gasteiger charge is -2.18. The number of nitrogens with zero attached hydrogens (tertiary/aromatic N) is 1. The summed E-state index contributed by atoms with van der Waals surface area (Å²) < 4.78 is 0. The molecule has 2 saturated heterocycles. The summed E-state index contributed by atoms with van der Waals surface area (Å²) >= 11 is 0. The molecule has 2 N–H and O–H groups in total. The second-order valence-electron chi connectivity index (χ2n) is 4.25. The molecule has 0 aromatic carbocycles. The van der Waals surface area contributed by atoms with Crippen LogP contribution < -0.4 is 5.32 Å². The van der Waals surface area contributed by atoms with Crippen LogP contribution in [0.25, 0.3) is 0 Å². The monoisotopic (exact) mass is 170 g/mol. The normalized spacial score (nSPS) is 38.5. The Morgan fingerprint density at radius 1 is 1.42 bits per heavy atom. The van der Waals surface area contributed by atoms with Gasteiger partial charge in [-0.2, -0.15) is 0 Å². The van der Waals surface area contributed by atoms with Gasteiger partial charge in [0.1, 0.15) is 0 Å². The van der Waals surface area contributed by atoms with Gasteiger partial charge in [-0.3, -0.25) is 0 Å². The van der Waals surface area contributed by atoms with Gasteiger partial charge in [0.05, 0.1) is 6.10 Å². The third kappa shape index (κ3) is 1.63. The van der Waals surface area contributed by atoms with Gasteiger partial charge in [0.2, 0.25) is 0 Å². The number of fused-ring (bicyclic) bond motifs is 1. The van der Waals surface area contributed by atoms with Gasteiger partial charge in [-0.25, -0.2) is 0 Å². The molecule has 0 aliphatic carbocycles. The molecule has 12 heavy (non-hydrogen) atoms. The molecule has 0 aromatic rings. The number of hydrogen-bond donors (Lipinski definition) is 2. The Hall–Kier alpha value is -0.120. The minimum absolute atomic E-state index is 0.170. The summed E-state index contributed by atoms with van der Waals surface area (Å²) in [5.41, 5.74) is 0. The third-order valence-electron chi connectivity index (χ3n) is 2.99. The van der Waals surface area contributed by atoms with E-state index in [2.05, 4.69) is 10.2 Å². The highest BCUT2D eigenvalue weighted by Crippen LogP contribution is 2.25. The van der Waals surface area contributed by atoms with Crippen molar-refractivity contribution in [1.29, 1.82) is 0 Å². The summed E-state index contributed by atoms with van der Waals surface area (Å²) in [6.45, 7) is 7.45. The second-order valence-corrected chi connectivity index (χ2v) is 4.25. The molecule has 2 fully saturated rings. The number of rotatable bonds is 2. The van der Waals surface area contributed by atoms with E-state index in [1.54, 1.807) is 0 Å². The first-order chi connectivity index (χ1) is 5.75. The van der Waals surface area contributed by atoms with Crippen molar-refractivity contribution < 1.29 is 5.11 Å². The quantitative estimate of drug-likeness (QED) is 0.587. The van der Waals surface area contributed by atoms with Crippen molar-refractivity contribution in [2.45, 2.75) is 13.0 Å². The van der Waals surface area contributed by atoms with Crippen LogP contribution in [0.15, 0.2) is 0 Å². The average molecular weight is 170 g/mol. The zero-order chi connectivity index (χ0) is 8.55. The van der Waals surface area contributed by atoms with E-state index < -0.39 is 0 Å². The molecule has 0 amide bonds. The highest BCUT2D eigenvalue weighted by molar-refractivity contribution is 4.91. The molecule has 70 valence electrons. The first-order valence-corrected chi connectivity index (χ1v) is 4.87. The van der Waals surface area contributed by atoms with Crippen LogP contribution in [-0.4, -0.2) is 48.8 Å². The fourth-order valence-electron chi connectivity index (χ4n) is 2.48. The number of aliphatic hydroxyl groups excluding tert-OH is 1. The Labute approximate surface area is 73.8 Å². The molecule has 3 heteroatoms. The number of nitrogens with one attached hydrogen (secondary N) is 1. The number of β-amino-alcohol motifs (C(OH)–C–C–N with tert-alkyl or cyclic N) is 1. The highest BCUT2D eigenvalue weighted by atomic mass is 16.3. The molecular weight excluding hydrogens is 152 g/mol. The van der Waals surface area contributed by atoms with Crippen molar-refractivity contribution in [3.8, 4) is 0 Å². The lowest BCUT2D eigenvalue weighted by Crippen LogP contribution is -2.31. The Morgan fingerprint density at radius 2 is 2.00 bits per heavy atom. The van der Waals surface area contributed by atoms with Crippen LogP contribution in [0.3, 0.4) is 0 Å². The minimum atomic E-state index is -0.170. The van der Waals surface area contributed by atoms with E-state index in [1.165, 1.54) is 26.2 Å². The van der Waals surface area contributed by atoms with Gasteiger partial charge in [-0.1, -0.05) is 0 Å². The molecule has 3 nitrogen and oxygen atoms in total. The Kier molecular flexibility index (Phi) is 2.35. The Morgan fingerprint density at radius 3 is 2.50 bits per heavy atom. The summed E-state index contributed by atoms with van der Waals surface area (Å²) in [5, 5.41) is 12.6. The van der Waals surface area contributed by atoms with Crippen LogP contribution in [0.5, 0.6) is 0 Å². The highest BCUT2D eigenvalue weighted by Gasteiger charge is 2.35. The van der Waals surface area contributed by atoms with E-state index in [0.717, 1.165) is 18.4 Å². The lowest BCUT2D eigenvalue weighted by molar-refractivity contribution is 0.136. The van der Waals surface area contributed by atoms with Crippen molar-refractivity contribution in [3.63, 3.8) is 0 Å². The fourth-order valence-corrected chi connectivity index (χ4v) is 2.48. The van der Waals surface area contributed by atoms with Crippen molar-refractivity contribution in [1.82, 2.24) is 10.2 Å². The summed E-state index contributed by atoms with van der Waals surface area (Å²) in [4.78, 5) is 2.39. The van der Waals surface area contributed by atoms with E-state index in [9.17, 15) is 5.11 Å². The summed E-state index contributed by atoms with van der Waals surface area (Å²) in [6.07, 6.45) is -0.170. The number of hydrogen-bond acceptors (Lipinski definition) is 3. The summed E-state index contributed by atoms with van der Waals surface area (Å²) in [7, 11) is 0. The average Bonchev–Trinajstić information content (AvgIpc) is 2.43. The van der Waals surface area contributed by atoms with Gasteiger partial charge in [0.15, 0.2) is 0 Å². The molecule has 3 atom stereocenters. The smallest absolute Gasteiger partial charge is 0.0639 e. The van der Waals surface area contributed by atoms with Crippen molar-refractivity contribution >= 4 is 0 Å². The van der Waals surface area contributed by atoms with Gasteiger partial charge in [-0.05, 0) is 31.8 Å². The molecule has 0 saturated carbocycles. The maximum Gasteiger partial charge on any atom is 0.0639 e. The van der Waals surface area contributed by atoms with Crippen LogP contribution in [0.2, 0.25) is 0 Å². The number of likely N-dealkylation sites (tertiary alicyclic amines) is 1. The van der Waals surface area contributed by atoms with E-state index in [0.29, 0.717) is 0 Å². The topological polar surface area (TPSA) is 35.5 Å². The van der Waals surface area contributed by atoms with Crippen LogP contribution in [0, 0.1) is 11.8 Å². The minimum Gasteiger partial charge on any atom is -0.392 e. The Bertz CT molecular complexity index is 149. The van der Waals surface area contributed by atoms with Gasteiger partial charge in [0, 0.05) is 19.6 Å². The molecular formula is C9H18N2O.